The summed E-state index contributed by atoms with van der Waals surface area (Å²) in [7, 11) is 1.63. The first-order chi connectivity index (χ1) is 10.8. The molecule has 0 radical (unpaired) electrons. The SMILES string of the molecule is COc1cccc(NC(=S)Nc2cccc3cnncc23)c1. The molecule has 1 heterocycles. The van der Waals surface area contributed by atoms with Crippen LogP contribution in [0.3, 0.4) is 0 Å². The summed E-state index contributed by atoms with van der Waals surface area (Å²) >= 11 is 5.36. The minimum atomic E-state index is 0.498. The predicted octanol–water partition coefficient (Wildman–Crippen LogP) is 3.45. The minimum absolute atomic E-state index is 0.498. The number of ether oxygens (including phenoxy) is 1. The first kappa shape index (κ1) is 14.2. The molecule has 0 saturated carbocycles. The van der Waals surface area contributed by atoms with Crippen LogP contribution < -0.4 is 15.4 Å². The lowest BCUT2D eigenvalue weighted by atomic mass is 10.2. The number of anilines is 2. The fraction of sp³-hybridized carbons (Fsp3) is 0.0625. The summed E-state index contributed by atoms with van der Waals surface area (Å²) in [5.41, 5.74) is 1.74. The van der Waals surface area contributed by atoms with E-state index in [-0.39, 0.29) is 0 Å². The van der Waals surface area contributed by atoms with Gasteiger partial charge in [0.2, 0.25) is 0 Å². The van der Waals surface area contributed by atoms with Gasteiger partial charge in [-0.1, -0.05) is 18.2 Å². The molecule has 3 rings (SSSR count). The monoisotopic (exact) mass is 310 g/mol. The van der Waals surface area contributed by atoms with Crippen molar-refractivity contribution < 1.29 is 4.74 Å². The van der Waals surface area contributed by atoms with E-state index in [1.54, 1.807) is 19.5 Å². The normalized spacial score (nSPS) is 10.2. The van der Waals surface area contributed by atoms with Crippen molar-refractivity contribution in [3.8, 4) is 5.75 Å². The summed E-state index contributed by atoms with van der Waals surface area (Å²) < 4.78 is 5.19. The Morgan fingerprint density at radius 1 is 1.05 bits per heavy atom. The largest absolute Gasteiger partial charge is 0.497 e. The Kier molecular flexibility index (Phi) is 4.11. The van der Waals surface area contributed by atoms with Crippen molar-refractivity contribution >= 4 is 39.5 Å². The van der Waals surface area contributed by atoms with Gasteiger partial charge in [-0.2, -0.15) is 10.2 Å². The number of nitrogens with one attached hydrogen (secondary N) is 2. The maximum atomic E-state index is 5.36. The average molecular weight is 310 g/mol. The van der Waals surface area contributed by atoms with Gasteiger partial charge >= 0.3 is 0 Å². The van der Waals surface area contributed by atoms with Crippen LogP contribution in [-0.4, -0.2) is 22.4 Å². The lowest BCUT2D eigenvalue weighted by molar-refractivity contribution is 0.415. The molecule has 0 aliphatic rings. The average Bonchev–Trinajstić information content (AvgIpc) is 2.55. The lowest BCUT2D eigenvalue weighted by Gasteiger charge is -2.12. The molecule has 3 aromatic rings. The number of thiocarbonyl (C=S) groups is 1. The molecular formula is C16H14N4OS. The highest BCUT2D eigenvalue weighted by Crippen LogP contribution is 2.22. The molecule has 2 N–H and O–H groups in total. The maximum Gasteiger partial charge on any atom is 0.175 e. The third kappa shape index (κ3) is 3.12. The number of hydrogen-bond donors (Lipinski definition) is 2. The third-order valence-electron chi connectivity index (χ3n) is 3.17. The van der Waals surface area contributed by atoms with Crippen LogP contribution in [0.4, 0.5) is 11.4 Å². The second-order valence-electron chi connectivity index (χ2n) is 4.61. The number of methoxy groups -OCH3 is 1. The molecule has 0 unspecified atom stereocenters. The van der Waals surface area contributed by atoms with Crippen LogP contribution in [0.15, 0.2) is 54.9 Å². The van der Waals surface area contributed by atoms with Crippen molar-refractivity contribution in [3.05, 3.63) is 54.9 Å². The van der Waals surface area contributed by atoms with Gasteiger partial charge in [0.05, 0.1) is 19.5 Å². The topological polar surface area (TPSA) is 59.1 Å². The molecular weight excluding hydrogens is 296 g/mol. The molecule has 0 saturated heterocycles. The number of rotatable bonds is 3. The van der Waals surface area contributed by atoms with E-state index in [9.17, 15) is 0 Å². The molecule has 5 nitrogen and oxygen atoms in total. The molecule has 1 aromatic heterocycles. The molecule has 0 amide bonds. The zero-order valence-electron chi connectivity index (χ0n) is 11.9. The zero-order chi connectivity index (χ0) is 15.4. The highest BCUT2D eigenvalue weighted by atomic mass is 32.1. The summed E-state index contributed by atoms with van der Waals surface area (Å²) in [5, 5.41) is 16.6. The minimum Gasteiger partial charge on any atom is -0.497 e. The van der Waals surface area contributed by atoms with Crippen molar-refractivity contribution in [2.75, 3.05) is 17.7 Å². The van der Waals surface area contributed by atoms with Gasteiger partial charge in [-0.25, -0.2) is 0 Å². The van der Waals surface area contributed by atoms with Crippen LogP contribution in [0.5, 0.6) is 5.75 Å². The number of aromatic nitrogens is 2. The Bertz CT molecular complexity index is 817. The Labute approximate surface area is 133 Å². The number of fused-ring (bicyclic) bond motifs is 1. The van der Waals surface area contributed by atoms with E-state index < -0.39 is 0 Å². The molecule has 2 aromatic carbocycles. The van der Waals surface area contributed by atoms with Crippen molar-refractivity contribution in [2.45, 2.75) is 0 Å². The van der Waals surface area contributed by atoms with Gasteiger partial charge in [0, 0.05) is 28.2 Å². The lowest BCUT2D eigenvalue weighted by Crippen LogP contribution is -2.19. The summed E-state index contributed by atoms with van der Waals surface area (Å²) in [4.78, 5) is 0. The van der Waals surface area contributed by atoms with E-state index in [0.29, 0.717) is 5.11 Å². The standard InChI is InChI=1S/C16H14N4OS/c1-21-13-6-3-5-12(8-13)19-16(22)20-15-7-2-4-11-9-17-18-10-14(11)15/h2-10H,1H3,(H2,19,20,22). The Balaban J connectivity index is 1.78. The molecule has 0 spiro atoms. The second-order valence-corrected chi connectivity index (χ2v) is 5.02. The second kappa shape index (κ2) is 6.36. The number of nitrogens with zero attached hydrogens (tertiary/aromatic N) is 2. The summed E-state index contributed by atoms with van der Waals surface area (Å²) in [5.74, 6) is 0.772. The Hall–Kier alpha value is -2.73. The Morgan fingerprint density at radius 2 is 1.86 bits per heavy atom. The molecule has 0 aliphatic heterocycles. The van der Waals surface area contributed by atoms with Crippen LogP contribution in [0.25, 0.3) is 10.8 Å². The molecule has 0 fully saturated rings. The van der Waals surface area contributed by atoms with Gasteiger partial charge in [0.15, 0.2) is 5.11 Å². The van der Waals surface area contributed by atoms with E-state index in [4.69, 9.17) is 17.0 Å². The van der Waals surface area contributed by atoms with Crippen molar-refractivity contribution in [3.63, 3.8) is 0 Å². The third-order valence-corrected chi connectivity index (χ3v) is 3.37. The van der Waals surface area contributed by atoms with Crippen LogP contribution in [0, 0.1) is 0 Å². The number of benzene rings is 2. The van der Waals surface area contributed by atoms with Crippen LogP contribution >= 0.6 is 12.2 Å². The molecule has 6 heteroatoms. The number of hydrogen-bond acceptors (Lipinski definition) is 4. The van der Waals surface area contributed by atoms with Crippen LogP contribution in [0.2, 0.25) is 0 Å². The first-order valence-electron chi connectivity index (χ1n) is 6.68. The fourth-order valence-corrected chi connectivity index (χ4v) is 2.35. The van der Waals surface area contributed by atoms with Gasteiger partial charge in [-0.3, -0.25) is 0 Å². The smallest absolute Gasteiger partial charge is 0.175 e. The van der Waals surface area contributed by atoms with Crippen molar-refractivity contribution in [1.29, 1.82) is 0 Å². The summed E-state index contributed by atoms with van der Waals surface area (Å²) in [6, 6.07) is 13.5. The van der Waals surface area contributed by atoms with Crippen LogP contribution in [0.1, 0.15) is 0 Å². The van der Waals surface area contributed by atoms with Gasteiger partial charge < -0.3 is 15.4 Å². The molecule has 0 aliphatic carbocycles. The van der Waals surface area contributed by atoms with Gasteiger partial charge in [0.1, 0.15) is 5.75 Å². The first-order valence-corrected chi connectivity index (χ1v) is 7.08. The highest BCUT2D eigenvalue weighted by Gasteiger charge is 2.04. The fourth-order valence-electron chi connectivity index (χ4n) is 2.12. The maximum absolute atomic E-state index is 5.36. The van der Waals surface area contributed by atoms with Gasteiger partial charge in [-0.15, -0.1) is 0 Å². The van der Waals surface area contributed by atoms with Crippen molar-refractivity contribution in [2.24, 2.45) is 0 Å². The van der Waals surface area contributed by atoms with E-state index in [2.05, 4.69) is 20.8 Å². The van der Waals surface area contributed by atoms with Gasteiger partial charge in [-0.05, 0) is 30.4 Å². The van der Waals surface area contributed by atoms with E-state index in [1.165, 1.54) is 0 Å². The summed E-state index contributed by atoms with van der Waals surface area (Å²) in [6.45, 7) is 0. The van der Waals surface area contributed by atoms with E-state index >= 15 is 0 Å². The Morgan fingerprint density at radius 3 is 2.73 bits per heavy atom. The van der Waals surface area contributed by atoms with Crippen molar-refractivity contribution in [1.82, 2.24) is 10.2 Å². The predicted molar refractivity (Wildman–Crippen MR) is 92.4 cm³/mol. The highest BCUT2D eigenvalue weighted by molar-refractivity contribution is 7.80. The molecule has 110 valence electrons. The van der Waals surface area contributed by atoms with E-state index in [1.807, 2.05) is 42.5 Å². The molecule has 22 heavy (non-hydrogen) atoms. The molecule has 0 bridgehead atoms. The molecule has 0 atom stereocenters. The van der Waals surface area contributed by atoms with Gasteiger partial charge in [0.25, 0.3) is 0 Å². The zero-order valence-corrected chi connectivity index (χ0v) is 12.7. The summed E-state index contributed by atoms with van der Waals surface area (Å²) in [6.07, 6.45) is 3.44. The van der Waals surface area contributed by atoms with Crippen LogP contribution in [-0.2, 0) is 0 Å². The van der Waals surface area contributed by atoms with E-state index in [0.717, 1.165) is 27.9 Å². The quantitative estimate of drug-likeness (QED) is 0.723.